The van der Waals surface area contributed by atoms with Crippen LogP contribution in [0.1, 0.15) is 18.9 Å². The first-order chi connectivity index (χ1) is 6.77. The van der Waals surface area contributed by atoms with E-state index in [4.69, 9.17) is 0 Å². The summed E-state index contributed by atoms with van der Waals surface area (Å²) in [4.78, 5) is 11.5. The molecule has 0 aliphatic rings. The zero-order valence-corrected chi connectivity index (χ0v) is 9.52. The highest BCUT2D eigenvalue weighted by molar-refractivity contribution is 7.13. The van der Waals surface area contributed by atoms with Crippen molar-refractivity contribution in [3.05, 3.63) is 35.9 Å². The second kappa shape index (κ2) is 5.90. The molecule has 0 saturated carbocycles. The number of rotatable bonds is 5. The Labute approximate surface area is 87.4 Å². The van der Waals surface area contributed by atoms with Crippen molar-refractivity contribution in [2.45, 2.75) is 25.8 Å². The van der Waals surface area contributed by atoms with Crippen LogP contribution in [0.3, 0.4) is 0 Å². The molecule has 3 heteroatoms. The van der Waals surface area contributed by atoms with E-state index in [9.17, 15) is 4.79 Å². The number of hydrogen-bond acceptors (Lipinski definition) is 2. The Balaban J connectivity index is 2.62. The lowest BCUT2D eigenvalue weighted by atomic mass is 10.0. The van der Waals surface area contributed by atoms with Crippen LogP contribution in [-0.2, 0) is 11.2 Å². The molecule has 1 N–H and O–H groups in total. The molecule has 2 atom stereocenters. The van der Waals surface area contributed by atoms with Gasteiger partial charge in [0, 0.05) is 6.42 Å². The number of nitrogens with one attached hydrogen (secondary N) is 1. The van der Waals surface area contributed by atoms with Gasteiger partial charge in [0.25, 0.3) is 0 Å². The molecule has 14 heavy (non-hydrogen) atoms. The van der Waals surface area contributed by atoms with Crippen LogP contribution in [-0.4, -0.2) is 11.8 Å². The summed E-state index contributed by atoms with van der Waals surface area (Å²) < 4.78 is 0. The van der Waals surface area contributed by atoms with Gasteiger partial charge in [0.2, 0.25) is 0 Å². The molecule has 0 aliphatic carbocycles. The number of benzene rings is 1. The van der Waals surface area contributed by atoms with E-state index in [0.717, 1.165) is 6.42 Å². The molecule has 2 nitrogen and oxygen atoms in total. The summed E-state index contributed by atoms with van der Waals surface area (Å²) in [6, 6.07) is 9.97. The minimum absolute atomic E-state index is 0.0765. The standard InChI is InChI=1S/C11H16NOP/c1-2-11(13)10(12-14)8-9-6-4-3-5-7-9/h3-7,10,12H,2,8,14H2,1H3. The minimum atomic E-state index is -0.0765. The summed E-state index contributed by atoms with van der Waals surface area (Å²) in [7, 11) is 2.42. The lowest BCUT2D eigenvalue weighted by molar-refractivity contribution is -0.120. The predicted molar refractivity (Wildman–Crippen MR) is 62.1 cm³/mol. The number of hydrogen-bond donors (Lipinski definition) is 1. The second-order valence-corrected chi connectivity index (χ2v) is 3.56. The highest BCUT2D eigenvalue weighted by Crippen LogP contribution is 2.06. The number of ketones is 1. The topological polar surface area (TPSA) is 29.1 Å². The molecule has 1 aromatic carbocycles. The van der Waals surface area contributed by atoms with Crippen molar-refractivity contribution in [3.63, 3.8) is 0 Å². The maximum Gasteiger partial charge on any atom is 0.150 e. The van der Waals surface area contributed by atoms with Gasteiger partial charge in [-0.05, 0) is 12.0 Å². The molecule has 0 fully saturated rings. The van der Waals surface area contributed by atoms with Gasteiger partial charge < -0.3 is 0 Å². The van der Waals surface area contributed by atoms with Gasteiger partial charge in [-0.15, -0.1) is 0 Å². The van der Waals surface area contributed by atoms with Crippen molar-refractivity contribution in [3.8, 4) is 0 Å². The van der Waals surface area contributed by atoms with E-state index in [1.807, 2.05) is 37.3 Å². The van der Waals surface area contributed by atoms with Gasteiger partial charge in [-0.25, -0.2) is 0 Å². The highest BCUT2D eigenvalue weighted by atomic mass is 31.0. The van der Waals surface area contributed by atoms with Crippen LogP contribution in [0.4, 0.5) is 0 Å². The molecule has 0 bridgehead atoms. The Morgan fingerprint density at radius 3 is 2.57 bits per heavy atom. The first-order valence-corrected chi connectivity index (χ1v) is 5.38. The Hall–Kier alpha value is -0.720. The van der Waals surface area contributed by atoms with Crippen LogP contribution >= 0.6 is 9.39 Å². The molecule has 0 amide bonds. The quantitative estimate of drug-likeness (QED) is 0.751. The Morgan fingerprint density at radius 2 is 2.07 bits per heavy atom. The largest absolute Gasteiger partial charge is 0.298 e. The molecule has 0 radical (unpaired) electrons. The second-order valence-electron chi connectivity index (χ2n) is 3.23. The van der Waals surface area contributed by atoms with Gasteiger partial charge in [-0.1, -0.05) is 46.6 Å². The number of Topliss-reactive ketones (excluding diaryl/α,β-unsaturated/α-hetero) is 1. The normalized spacial score (nSPS) is 12.4. The fourth-order valence-corrected chi connectivity index (χ4v) is 1.67. The minimum Gasteiger partial charge on any atom is -0.298 e. The van der Waals surface area contributed by atoms with E-state index < -0.39 is 0 Å². The van der Waals surface area contributed by atoms with Crippen LogP contribution in [0.2, 0.25) is 0 Å². The van der Waals surface area contributed by atoms with E-state index in [-0.39, 0.29) is 11.8 Å². The van der Waals surface area contributed by atoms with Crippen molar-refractivity contribution in [2.75, 3.05) is 0 Å². The summed E-state index contributed by atoms with van der Waals surface area (Å²) in [6.45, 7) is 1.89. The van der Waals surface area contributed by atoms with Crippen molar-refractivity contribution < 1.29 is 4.79 Å². The Morgan fingerprint density at radius 1 is 1.43 bits per heavy atom. The summed E-state index contributed by atoms with van der Waals surface area (Å²) >= 11 is 0. The van der Waals surface area contributed by atoms with Crippen LogP contribution in [0.25, 0.3) is 0 Å². The zero-order valence-electron chi connectivity index (χ0n) is 8.36. The van der Waals surface area contributed by atoms with E-state index in [1.165, 1.54) is 5.56 Å². The average molecular weight is 209 g/mol. The van der Waals surface area contributed by atoms with Gasteiger partial charge in [0.15, 0.2) is 0 Å². The molecule has 0 aromatic heterocycles. The van der Waals surface area contributed by atoms with Gasteiger partial charge in [-0.2, -0.15) is 0 Å². The SMILES string of the molecule is CCC(=O)C(Cc1ccccc1)NP. The maximum atomic E-state index is 11.5. The fourth-order valence-electron chi connectivity index (χ4n) is 1.36. The summed E-state index contributed by atoms with van der Waals surface area (Å²) in [5, 5.41) is 2.97. The summed E-state index contributed by atoms with van der Waals surface area (Å²) in [5.41, 5.74) is 1.19. The van der Waals surface area contributed by atoms with Gasteiger partial charge in [0.05, 0.1) is 6.04 Å². The lowest BCUT2D eigenvalue weighted by Crippen LogP contribution is -2.32. The predicted octanol–water partition coefficient (Wildman–Crippen LogP) is 1.96. The van der Waals surface area contributed by atoms with E-state index >= 15 is 0 Å². The monoisotopic (exact) mass is 209 g/mol. The van der Waals surface area contributed by atoms with Crippen LogP contribution in [0.5, 0.6) is 0 Å². The molecule has 0 spiro atoms. The summed E-state index contributed by atoms with van der Waals surface area (Å²) in [5.74, 6) is 0.254. The van der Waals surface area contributed by atoms with Crippen molar-refractivity contribution in [1.82, 2.24) is 5.09 Å². The van der Waals surface area contributed by atoms with Gasteiger partial charge in [0.1, 0.15) is 5.78 Å². The smallest absolute Gasteiger partial charge is 0.150 e. The van der Waals surface area contributed by atoms with Gasteiger partial charge >= 0.3 is 0 Å². The lowest BCUT2D eigenvalue weighted by Gasteiger charge is -2.13. The maximum absolute atomic E-state index is 11.5. The van der Waals surface area contributed by atoms with E-state index in [2.05, 4.69) is 14.5 Å². The molecule has 1 rings (SSSR count). The Bertz CT molecular complexity index is 287. The molecule has 2 unspecified atom stereocenters. The average Bonchev–Trinajstić information content (AvgIpc) is 2.26. The van der Waals surface area contributed by atoms with Crippen LogP contribution < -0.4 is 5.09 Å². The number of carbonyl (C=O) groups excluding carboxylic acids is 1. The third kappa shape index (κ3) is 3.21. The fraction of sp³-hybridized carbons (Fsp3) is 0.364. The third-order valence-corrected chi connectivity index (χ3v) is 2.62. The molecular weight excluding hydrogens is 193 g/mol. The highest BCUT2D eigenvalue weighted by Gasteiger charge is 2.14. The molecule has 0 heterocycles. The first-order valence-electron chi connectivity index (χ1n) is 4.80. The molecule has 1 aromatic rings. The van der Waals surface area contributed by atoms with Crippen molar-refractivity contribution in [1.29, 1.82) is 0 Å². The number of carbonyl (C=O) groups is 1. The van der Waals surface area contributed by atoms with Crippen LogP contribution in [0, 0.1) is 0 Å². The van der Waals surface area contributed by atoms with Crippen molar-refractivity contribution >= 4 is 15.2 Å². The summed E-state index contributed by atoms with van der Waals surface area (Å²) in [6.07, 6.45) is 1.34. The molecule has 76 valence electrons. The zero-order chi connectivity index (χ0) is 10.4. The van der Waals surface area contributed by atoms with Crippen LogP contribution in [0.15, 0.2) is 30.3 Å². The molecular formula is C11H16NOP. The van der Waals surface area contributed by atoms with E-state index in [1.54, 1.807) is 0 Å². The Kier molecular flexibility index (Phi) is 4.78. The van der Waals surface area contributed by atoms with Crippen molar-refractivity contribution in [2.24, 2.45) is 0 Å². The van der Waals surface area contributed by atoms with E-state index in [0.29, 0.717) is 6.42 Å². The third-order valence-electron chi connectivity index (χ3n) is 2.22. The molecule has 0 aliphatic heterocycles. The first kappa shape index (κ1) is 11.4. The van der Waals surface area contributed by atoms with Gasteiger partial charge in [-0.3, -0.25) is 9.88 Å². The molecule has 0 saturated heterocycles.